The lowest BCUT2D eigenvalue weighted by Gasteiger charge is -2.08. The molecule has 1 aromatic heterocycles. The number of anilines is 2. The minimum atomic E-state index is 0.299. The van der Waals surface area contributed by atoms with Gasteiger partial charge in [0.05, 0.1) is 6.61 Å². The van der Waals surface area contributed by atoms with E-state index in [0.29, 0.717) is 35.2 Å². The van der Waals surface area contributed by atoms with Crippen molar-refractivity contribution in [1.29, 1.82) is 0 Å². The first-order valence-electron chi connectivity index (χ1n) is 6.94. The number of nitrogen functional groups attached to an aromatic ring is 1. The van der Waals surface area contributed by atoms with Gasteiger partial charge >= 0.3 is 0 Å². The number of ether oxygens (including phenoxy) is 1. The lowest BCUT2D eigenvalue weighted by Crippen LogP contribution is -2.08. The summed E-state index contributed by atoms with van der Waals surface area (Å²) in [5.74, 6) is 2.26. The van der Waals surface area contributed by atoms with Gasteiger partial charge in [0, 0.05) is 12.0 Å². The fraction of sp³-hybridized carbons (Fsp3) is 0.333. The maximum Gasteiger partial charge on any atom is 0.150 e. The Bertz CT molecular complexity index is 632. The highest BCUT2D eigenvalue weighted by atomic mass is 35.5. The molecule has 0 aliphatic heterocycles. The molecule has 1 saturated carbocycles. The van der Waals surface area contributed by atoms with Crippen LogP contribution in [0.25, 0.3) is 0 Å². The van der Waals surface area contributed by atoms with Crippen LogP contribution in [0, 0.1) is 0 Å². The summed E-state index contributed by atoms with van der Waals surface area (Å²) in [7, 11) is 0. The second kappa shape index (κ2) is 5.77. The van der Waals surface area contributed by atoms with Crippen molar-refractivity contribution >= 4 is 23.2 Å². The first kappa shape index (κ1) is 13.9. The Hall–Kier alpha value is -2.01. The molecule has 0 saturated heterocycles. The van der Waals surface area contributed by atoms with Gasteiger partial charge in [-0.2, -0.15) is 0 Å². The van der Waals surface area contributed by atoms with Gasteiger partial charge in [-0.15, -0.1) is 0 Å². The monoisotopic (exact) mass is 304 g/mol. The number of nitrogens with two attached hydrogens (primary N) is 1. The first-order valence-corrected chi connectivity index (χ1v) is 7.32. The molecule has 1 aromatic carbocycles. The van der Waals surface area contributed by atoms with Crippen LogP contribution in [-0.4, -0.2) is 22.6 Å². The van der Waals surface area contributed by atoms with Crippen LogP contribution in [0.15, 0.2) is 30.6 Å². The smallest absolute Gasteiger partial charge is 0.150 e. The lowest BCUT2D eigenvalue weighted by molar-refractivity contribution is 0.340. The number of aromatic nitrogens is 2. The van der Waals surface area contributed by atoms with Crippen molar-refractivity contribution in [3.8, 4) is 5.75 Å². The van der Waals surface area contributed by atoms with E-state index in [0.717, 1.165) is 12.2 Å². The third-order valence-electron chi connectivity index (χ3n) is 3.55. The van der Waals surface area contributed by atoms with Crippen LogP contribution in [-0.2, 0) is 0 Å². The predicted molar refractivity (Wildman–Crippen MR) is 83.8 cm³/mol. The highest BCUT2D eigenvalue weighted by Gasteiger charge is 2.39. The molecule has 6 heteroatoms. The van der Waals surface area contributed by atoms with E-state index in [1.54, 1.807) is 0 Å². The van der Waals surface area contributed by atoms with E-state index in [4.69, 9.17) is 22.1 Å². The molecule has 2 aromatic rings. The van der Waals surface area contributed by atoms with Crippen LogP contribution < -0.4 is 15.8 Å². The second-order valence-corrected chi connectivity index (χ2v) is 5.39. The zero-order chi connectivity index (χ0) is 14.8. The Morgan fingerprint density at radius 2 is 2.10 bits per heavy atom. The second-order valence-electron chi connectivity index (χ2n) is 5.02. The summed E-state index contributed by atoms with van der Waals surface area (Å²) in [6.07, 6.45) is 2.46. The number of halogens is 1. The van der Waals surface area contributed by atoms with Crippen molar-refractivity contribution in [2.24, 2.45) is 0 Å². The third kappa shape index (κ3) is 3.03. The van der Waals surface area contributed by atoms with Gasteiger partial charge in [-0.05, 0) is 31.0 Å². The van der Waals surface area contributed by atoms with Crippen LogP contribution in [0.2, 0.25) is 5.02 Å². The number of benzene rings is 1. The van der Waals surface area contributed by atoms with E-state index < -0.39 is 0 Å². The molecule has 110 valence electrons. The molecule has 1 aliphatic carbocycles. The predicted octanol–water partition coefficient (Wildman–Crippen LogP) is 3.08. The van der Waals surface area contributed by atoms with E-state index in [-0.39, 0.29) is 0 Å². The SMILES string of the molecule is CCOc1ccc([C@@H]2C[C@H]2Nc2ncnc(N)c2Cl)cc1. The Kier molecular flexibility index (Phi) is 3.84. The summed E-state index contributed by atoms with van der Waals surface area (Å²) < 4.78 is 5.45. The van der Waals surface area contributed by atoms with Crippen LogP contribution >= 0.6 is 11.6 Å². The highest BCUT2D eigenvalue weighted by Crippen LogP contribution is 2.43. The molecule has 0 radical (unpaired) electrons. The number of hydrogen-bond acceptors (Lipinski definition) is 5. The van der Waals surface area contributed by atoms with Crippen LogP contribution in [0.5, 0.6) is 5.75 Å². The van der Waals surface area contributed by atoms with Gasteiger partial charge in [0.1, 0.15) is 22.9 Å². The zero-order valence-corrected chi connectivity index (χ0v) is 12.5. The molecule has 5 nitrogen and oxygen atoms in total. The molecule has 0 unspecified atom stereocenters. The third-order valence-corrected chi connectivity index (χ3v) is 3.92. The number of nitrogens with one attached hydrogen (secondary N) is 1. The highest BCUT2D eigenvalue weighted by molar-refractivity contribution is 6.35. The van der Waals surface area contributed by atoms with Gasteiger partial charge in [0.15, 0.2) is 5.82 Å². The maximum atomic E-state index is 6.09. The van der Waals surface area contributed by atoms with Crippen molar-refractivity contribution in [1.82, 2.24) is 9.97 Å². The van der Waals surface area contributed by atoms with E-state index in [1.807, 2.05) is 19.1 Å². The summed E-state index contributed by atoms with van der Waals surface area (Å²) in [6, 6.07) is 8.55. The minimum absolute atomic E-state index is 0.299. The first-order chi connectivity index (χ1) is 10.2. The minimum Gasteiger partial charge on any atom is -0.494 e. The van der Waals surface area contributed by atoms with Crippen molar-refractivity contribution in [3.63, 3.8) is 0 Å². The molecule has 1 fully saturated rings. The molecule has 0 bridgehead atoms. The Morgan fingerprint density at radius 3 is 2.81 bits per heavy atom. The van der Waals surface area contributed by atoms with Gasteiger partial charge in [0.25, 0.3) is 0 Å². The summed E-state index contributed by atoms with van der Waals surface area (Å²) >= 11 is 6.09. The van der Waals surface area contributed by atoms with E-state index >= 15 is 0 Å². The topological polar surface area (TPSA) is 73.1 Å². The van der Waals surface area contributed by atoms with E-state index in [9.17, 15) is 0 Å². The zero-order valence-electron chi connectivity index (χ0n) is 11.7. The number of hydrogen-bond donors (Lipinski definition) is 2. The average Bonchev–Trinajstić information content (AvgIpc) is 3.24. The average molecular weight is 305 g/mol. The van der Waals surface area contributed by atoms with E-state index in [2.05, 4.69) is 27.4 Å². The molecule has 3 rings (SSSR count). The number of nitrogens with zero attached hydrogens (tertiary/aromatic N) is 2. The van der Waals surface area contributed by atoms with Crippen molar-refractivity contribution in [3.05, 3.63) is 41.2 Å². The van der Waals surface area contributed by atoms with Crippen LogP contribution in [0.3, 0.4) is 0 Å². The molecule has 0 spiro atoms. The van der Waals surface area contributed by atoms with E-state index in [1.165, 1.54) is 11.9 Å². The fourth-order valence-electron chi connectivity index (χ4n) is 2.36. The quantitative estimate of drug-likeness (QED) is 0.888. The Labute approximate surface area is 128 Å². The summed E-state index contributed by atoms with van der Waals surface area (Å²) in [5.41, 5.74) is 6.96. The van der Waals surface area contributed by atoms with Crippen molar-refractivity contribution in [2.45, 2.75) is 25.3 Å². The molecule has 1 heterocycles. The molecule has 3 N–H and O–H groups in total. The number of rotatable bonds is 5. The maximum absolute atomic E-state index is 6.09. The lowest BCUT2D eigenvalue weighted by atomic mass is 10.1. The summed E-state index contributed by atoms with van der Waals surface area (Å²) in [6.45, 7) is 2.66. The summed E-state index contributed by atoms with van der Waals surface area (Å²) in [4.78, 5) is 7.98. The molecule has 0 amide bonds. The van der Waals surface area contributed by atoms with Gasteiger partial charge in [-0.3, -0.25) is 0 Å². The van der Waals surface area contributed by atoms with Gasteiger partial charge in [-0.25, -0.2) is 9.97 Å². The molecule has 2 atom stereocenters. The van der Waals surface area contributed by atoms with Crippen molar-refractivity contribution in [2.75, 3.05) is 17.7 Å². The molecular weight excluding hydrogens is 288 g/mol. The van der Waals surface area contributed by atoms with Gasteiger partial charge in [0.2, 0.25) is 0 Å². The van der Waals surface area contributed by atoms with Crippen LogP contribution in [0.4, 0.5) is 11.6 Å². The normalized spacial score (nSPS) is 20.1. The van der Waals surface area contributed by atoms with Gasteiger partial charge in [-0.1, -0.05) is 23.7 Å². The summed E-state index contributed by atoms with van der Waals surface area (Å²) in [5, 5.41) is 3.70. The largest absolute Gasteiger partial charge is 0.494 e. The Balaban J connectivity index is 1.65. The van der Waals surface area contributed by atoms with Gasteiger partial charge < -0.3 is 15.8 Å². The Morgan fingerprint density at radius 1 is 1.33 bits per heavy atom. The van der Waals surface area contributed by atoms with Crippen molar-refractivity contribution < 1.29 is 4.74 Å². The molecule has 21 heavy (non-hydrogen) atoms. The fourth-order valence-corrected chi connectivity index (χ4v) is 2.51. The van der Waals surface area contributed by atoms with Crippen LogP contribution in [0.1, 0.15) is 24.8 Å². The standard InChI is InChI=1S/C15H17ClN4O/c1-2-21-10-5-3-9(4-6-10)11-7-12(11)20-15-13(16)14(17)18-8-19-15/h3-6,8,11-12H,2,7H2,1H3,(H3,17,18,19,20)/t11-,12+/m0/s1. The molecule has 1 aliphatic rings. The molecular formula is C15H17ClN4O.